The van der Waals surface area contributed by atoms with Gasteiger partial charge in [-0.1, -0.05) is 66.7 Å². The van der Waals surface area contributed by atoms with Gasteiger partial charge < -0.3 is 10.5 Å². The molecule has 0 bridgehead atoms. The standard InChI is InChI=1S/C28H23N3O/c1-32-26-10-6-5-9-22(26)28-24-17-23(20-7-3-2-4-8-20)27(31-25(24)15-16-30-28)21-13-11-19(18-29)12-14-21/h2-17H,18,29H2,1H3/p+1. The number of fused-ring (bicyclic) bond motifs is 1. The Morgan fingerprint density at radius 3 is 2.25 bits per heavy atom. The Labute approximate surface area is 187 Å². The molecule has 2 aromatic heterocycles. The van der Waals surface area contributed by atoms with Crippen molar-refractivity contribution in [2.45, 2.75) is 6.54 Å². The smallest absolute Gasteiger partial charge is 0.128 e. The van der Waals surface area contributed by atoms with Crippen molar-refractivity contribution < 1.29 is 10.5 Å². The third-order valence-corrected chi connectivity index (χ3v) is 5.71. The van der Waals surface area contributed by atoms with E-state index in [9.17, 15) is 0 Å². The van der Waals surface area contributed by atoms with Crippen LogP contribution in [0.4, 0.5) is 0 Å². The lowest BCUT2D eigenvalue weighted by molar-refractivity contribution is -0.386. The molecule has 156 valence electrons. The summed E-state index contributed by atoms with van der Waals surface area (Å²) in [5.41, 5.74) is 12.1. The highest BCUT2D eigenvalue weighted by molar-refractivity contribution is 5.99. The van der Waals surface area contributed by atoms with E-state index >= 15 is 0 Å². The number of aromatic nitrogens is 2. The molecule has 32 heavy (non-hydrogen) atoms. The number of nitrogens with zero attached hydrogens (tertiary/aromatic N) is 2. The van der Waals surface area contributed by atoms with Crippen molar-refractivity contribution in [1.29, 1.82) is 0 Å². The lowest BCUT2D eigenvalue weighted by Crippen LogP contribution is -2.47. The molecule has 0 radical (unpaired) electrons. The molecule has 3 N–H and O–H groups in total. The van der Waals surface area contributed by atoms with Crippen molar-refractivity contribution in [3.05, 3.63) is 103 Å². The molecule has 2 heterocycles. The van der Waals surface area contributed by atoms with E-state index in [2.05, 4.69) is 60.3 Å². The van der Waals surface area contributed by atoms with Crippen molar-refractivity contribution in [2.24, 2.45) is 0 Å². The number of hydrogen-bond acceptors (Lipinski definition) is 3. The summed E-state index contributed by atoms with van der Waals surface area (Å²) in [4.78, 5) is 9.84. The Morgan fingerprint density at radius 1 is 0.750 bits per heavy atom. The second kappa shape index (κ2) is 8.61. The highest BCUT2D eigenvalue weighted by atomic mass is 16.5. The van der Waals surface area contributed by atoms with E-state index in [4.69, 9.17) is 14.7 Å². The summed E-state index contributed by atoms with van der Waals surface area (Å²) in [5, 5.41) is 0.994. The van der Waals surface area contributed by atoms with Crippen molar-refractivity contribution in [1.82, 2.24) is 9.97 Å². The van der Waals surface area contributed by atoms with Crippen LogP contribution in [-0.4, -0.2) is 17.1 Å². The third kappa shape index (κ3) is 3.61. The molecule has 0 saturated heterocycles. The molecule has 0 amide bonds. The second-order valence-electron chi connectivity index (χ2n) is 7.62. The Morgan fingerprint density at radius 2 is 1.50 bits per heavy atom. The van der Waals surface area contributed by atoms with Crippen LogP contribution in [-0.2, 0) is 6.54 Å². The monoisotopic (exact) mass is 418 g/mol. The van der Waals surface area contributed by atoms with Crippen LogP contribution >= 0.6 is 0 Å². The first-order valence-corrected chi connectivity index (χ1v) is 10.7. The van der Waals surface area contributed by atoms with Crippen molar-refractivity contribution in [3.8, 4) is 39.4 Å². The SMILES string of the molecule is COc1ccccc1-c1nccc2nc(-c3ccc(C[NH3+])cc3)c(-c3ccccc3)cc12. The number of benzene rings is 3. The topological polar surface area (TPSA) is 62.7 Å². The number of hydrogen-bond donors (Lipinski definition) is 1. The van der Waals surface area contributed by atoms with Gasteiger partial charge in [0.15, 0.2) is 0 Å². The number of ether oxygens (including phenoxy) is 1. The van der Waals surface area contributed by atoms with Gasteiger partial charge in [-0.2, -0.15) is 0 Å². The molecule has 4 nitrogen and oxygen atoms in total. The van der Waals surface area contributed by atoms with Crippen LogP contribution in [0.25, 0.3) is 44.5 Å². The Hall–Kier alpha value is -4.02. The molecule has 0 aliphatic heterocycles. The zero-order valence-electron chi connectivity index (χ0n) is 18.0. The highest BCUT2D eigenvalue weighted by Gasteiger charge is 2.16. The van der Waals surface area contributed by atoms with E-state index < -0.39 is 0 Å². The van der Waals surface area contributed by atoms with E-state index in [1.807, 2.05) is 42.6 Å². The maximum Gasteiger partial charge on any atom is 0.128 e. The van der Waals surface area contributed by atoms with Gasteiger partial charge in [-0.25, -0.2) is 4.98 Å². The molecule has 0 saturated carbocycles. The maximum atomic E-state index is 5.61. The molecule has 0 spiro atoms. The zero-order chi connectivity index (χ0) is 21.9. The average molecular weight is 419 g/mol. The lowest BCUT2D eigenvalue weighted by atomic mass is 9.95. The van der Waals surface area contributed by atoms with E-state index in [-0.39, 0.29) is 0 Å². The van der Waals surface area contributed by atoms with Crippen LogP contribution in [0.1, 0.15) is 5.56 Å². The molecule has 0 unspecified atom stereocenters. The van der Waals surface area contributed by atoms with Crippen LogP contribution in [0, 0.1) is 0 Å². The van der Waals surface area contributed by atoms with Gasteiger partial charge in [0, 0.05) is 33.8 Å². The summed E-state index contributed by atoms with van der Waals surface area (Å²) in [6.07, 6.45) is 1.81. The first kappa shape index (κ1) is 19.9. The molecule has 5 rings (SSSR count). The van der Waals surface area contributed by atoms with Gasteiger partial charge in [-0.3, -0.25) is 4.98 Å². The van der Waals surface area contributed by atoms with Gasteiger partial charge in [-0.05, 0) is 29.8 Å². The summed E-state index contributed by atoms with van der Waals surface area (Å²) in [6, 6.07) is 31.0. The van der Waals surface area contributed by atoms with Gasteiger partial charge in [0.2, 0.25) is 0 Å². The predicted octanol–water partition coefficient (Wildman–Crippen LogP) is 5.38. The fourth-order valence-electron chi connectivity index (χ4n) is 4.04. The van der Waals surface area contributed by atoms with Crippen LogP contribution < -0.4 is 10.5 Å². The molecule has 3 aromatic carbocycles. The molecule has 0 fully saturated rings. The number of rotatable bonds is 5. The quantitative estimate of drug-likeness (QED) is 0.417. The van der Waals surface area contributed by atoms with Gasteiger partial charge in [0.1, 0.15) is 5.75 Å². The predicted molar refractivity (Wildman–Crippen MR) is 129 cm³/mol. The van der Waals surface area contributed by atoms with Gasteiger partial charge in [0.05, 0.1) is 30.6 Å². The number of methoxy groups -OCH3 is 1. The van der Waals surface area contributed by atoms with Crippen LogP contribution in [0.3, 0.4) is 0 Å². The van der Waals surface area contributed by atoms with Crippen molar-refractivity contribution in [3.63, 3.8) is 0 Å². The van der Waals surface area contributed by atoms with E-state index in [0.717, 1.165) is 56.8 Å². The number of pyridine rings is 2. The van der Waals surface area contributed by atoms with E-state index in [1.165, 1.54) is 5.56 Å². The minimum Gasteiger partial charge on any atom is -0.496 e. The fourth-order valence-corrected chi connectivity index (χ4v) is 4.04. The molecule has 4 heteroatoms. The summed E-state index contributed by atoms with van der Waals surface area (Å²) >= 11 is 0. The van der Waals surface area contributed by atoms with Crippen LogP contribution in [0.5, 0.6) is 5.75 Å². The minimum atomic E-state index is 0.769. The summed E-state index contributed by atoms with van der Waals surface area (Å²) in [5.74, 6) is 0.793. The molecular weight excluding hydrogens is 394 g/mol. The summed E-state index contributed by atoms with van der Waals surface area (Å²) in [7, 11) is 1.69. The first-order chi connectivity index (χ1) is 15.8. The zero-order valence-corrected chi connectivity index (χ0v) is 18.0. The molecular formula is C28H24N3O+. The molecule has 5 aromatic rings. The van der Waals surface area contributed by atoms with Gasteiger partial charge >= 0.3 is 0 Å². The average Bonchev–Trinajstić information content (AvgIpc) is 2.88. The maximum absolute atomic E-state index is 5.61. The first-order valence-electron chi connectivity index (χ1n) is 10.7. The number of para-hydroxylation sites is 1. The summed E-state index contributed by atoms with van der Waals surface area (Å²) < 4.78 is 5.61. The van der Waals surface area contributed by atoms with Crippen molar-refractivity contribution in [2.75, 3.05) is 7.11 Å². The minimum absolute atomic E-state index is 0.769. The highest BCUT2D eigenvalue weighted by Crippen LogP contribution is 2.38. The Kier molecular flexibility index (Phi) is 5.36. The van der Waals surface area contributed by atoms with Gasteiger partial charge in [-0.15, -0.1) is 0 Å². The van der Waals surface area contributed by atoms with E-state index in [0.29, 0.717) is 0 Å². The molecule has 0 atom stereocenters. The Balaban J connectivity index is 1.80. The summed E-state index contributed by atoms with van der Waals surface area (Å²) in [6.45, 7) is 0.769. The van der Waals surface area contributed by atoms with Gasteiger partial charge in [0.25, 0.3) is 0 Å². The van der Waals surface area contributed by atoms with Crippen LogP contribution in [0.2, 0.25) is 0 Å². The largest absolute Gasteiger partial charge is 0.496 e. The third-order valence-electron chi connectivity index (χ3n) is 5.71. The Bertz CT molecular complexity index is 1380. The second-order valence-corrected chi connectivity index (χ2v) is 7.62. The lowest BCUT2D eigenvalue weighted by Gasteiger charge is -2.15. The number of quaternary nitrogens is 1. The van der Waals surface area contributed by atoms with Crippen molar-refractivity contribution >= 4 is 10.9 Å². The van der Waals surface area contributed by atoms with Crippen LogP contribution in [0.15, 0.2) is 97.2 Å². The molecule has 0 aliphatic rings. The molecule has 0 aliphatic carbocycles. The van der Waals surface area contributed by atoms with E-state index in [1.54, 1.807) is 7.11 Å². The fraction of sp³-hybridized carbons (Fsp3) is 0.0714. The normalized spacial score (nSPS) is 10.9.